The number of nitrogens with zero attached hydrogens (tertiary/aromatic N) is 2. The molecule has 6 aliphatic rings. The molecule has 0 saturated carbocycles. The van der Waals surface area contributed by atoms with Gasteiger partial charge in [0.15, 0.2) is 0 Å². The highest BCUT2D eigenvalue weighted by molar-refractivity contribution is 5.88. The largest absolute Gasteiger partial charge is 0.487 e. The smallest absolute Gasteiger partial charge is 0.139 e. The maximum atomic E-state index is 11.6. The van der Waals surface area contributed by atoms with Crippen molar-refractivity contribution >= 4 is 23.3 Å². The van der Waals surface area contributed by atoms with Crippen LogP contribution in [0.2, 0.25) is 0 Å². The van der Waals surface area contributed by atoms with Gasteiger partial charge in [-0.3, -0.25) is 0 Å². The van der Waals surface area contributed by atoms with Crippen LogP contribution in [0, 0.1) is 11.3 Å². The maximum absolute atomic E-state index is 11.6. The van der Waals surface area contributed by atoms with Crippen LogP contribution in [-0.4, -0.2) is 40.0 Å². The molecule has 1 aromatic carbocycles. The standard InChI is InChI=1S/C47H52N2O3/c1-7-47(5,46(2,3)4)52-32-21-26-38(41(50)27-32)45-48-39(29-13-9-8-10-14-29)28-40(49-45)34-23-18-31-19-24-36-33(35-15-11-12-16-42(35)51-6)22-17-30-20-25-37(34)44(31)43(30)36/h9,11-13,15,17-29,37-38,41-42,44,50H,7-8,10,14,16H2,1-6H3. The highest BCUT2D eigenvalue weighted by Gasteiger charge is 2.41. The van der Waals surface area contributed by atoms with E-state index in [-0.39, 0.29) is 40.8 Å². The summed E-state index contributed by atoms with van der Waals surface area (Å²) in [5.74, 6) is 1.52. The van der Waals surface area contributed by atoms with Crippen LogP contribution in [0.15, 0.2) is 102 Å². The van der Waals surface area contributed by atoms with Crippen molar-refractivity contribution in [2.24, 2.45) is 11.3 Å². The van der Waals surface area contributed by atoms with Gasteiger partial charge >= 0.3 is 0 Å². The van der Waals surface area contributed by atoms with Crippen LogP contribution in [0.3, 0.4) is 0 Å². The first-order chi connectivity index (χ1) is 25.1. The van der Waals surface area contributed by atoms with E-state index in [0.717, 1.165) is 43.5 Å². The molecule has 2 aromatic rings. The first kappa shape index (κ1) is 34.7. The highest BCUT2D eigenvalue weighted by atomic mass is 16.5. The fraction of sp³-hybridized carbons (Fsp3) is 0.404. The van der Waals surface area contributed by atoms with Crippen molar-refractivity contribution in [3.8, 4) is 0 Å². The molecule has 8 rings (SSSR count). The van der Waals surface area contributed by atoms with Crippen LogP contribution in [0.25, 0.3) is 23.3 Å². The molecule has 52 heavy (non-hydrogen) atoms. The number of benzene rings is 1. The first-order valence-corrected chi connectivity index (χ1v) is 19.3. The summed E-state index contributed by atoms with van der Waals surface area (Å²) in [6.45, 7) is 10.9. The zero-order valence-corrected chi connectivity index (χ0v) is 31.5. The molecule has 0 spiro atoms. The summed E-state index contributed by atoms with van der Waals surface area (Å²) in [6.07, 6.45) is 35.2. The van der Waals surface area contributed by atoms with Crippen molar-refractivity contribution in [2.45, 2.75) is 102 Å². The van der Waals surface area contributed by atoms with Gasteiger partial charge in [0.25, 0.3) is 0 Å². The molecule has 0 radical (unpaired) electrons. The number of hydrogen-bond acceptors (Lipinski definition) is 5. The van der Waals surface area contributed by atoms with E-state index in [1.807, 2.05) is 25.3 Å². The van der Waals surface area contributed by atoms with Gasteiger partial charge in [0.05, 0.1) is 29.5 Å². The molecule has 1 N–H and O–H groups in total. The van der Waals surface area contributed by atoms with Gasteiger partial charge < -0.3 is 14.6 Å². The highest BCUT2D eigenvalue weighted by Crippen LogP contribution is 2.53. The Kier molecular flexibility index (Phi) is 9.08. The minimum absolute atomic E-state index is 0.0457. The summed E-state index contributed by atoms with van der Waals surface area (Å²) in [4.78, 5) is 10.5. The van der Waals surface area contributed by atoms with E-state index in [1.54, 1.807) is 0 Å². The van der Waals surface area contributed by atoms with Gasteiger partial charge in [-0.25, -0.2) is 9.97 Å². The minimum Gasteiger partial charge on any atom is -0.487 e. The van der Waals surface area contributed by atoms with Gasteiger partial charge in [-0.05, 0) is 96.2 Å². The lowest BCUT2D eigenvalue weighted by Crippen LogP contribution is -2.42. The summed E-state index contributed by atoms with van der Waals surface area (Å²) in [7, 11) is 1.81. The van der Waals surface area contributed by atoms with Crippen molar-refractivity contribution in [1.82, 2.24) is 9.97 Å². The van der Waals surface area contributed by atoms with Gasteiger partial charge in [-0.1, -0.05) is 113 Å². The summed E-state index contributed by atoms with van der Waals surface area (Å²) >= 11 is 0. The molecule has 7 atom stereocenters. The van der Waals surface area contributed by atoms with E-state index in [2.05, 4.69) is 120 Å². The predicted molar refractivity (Wildman–Crippen MR) is 212 cm³/mol. The second-order valence-electron chi connectivity index (χ2n) is 16.4. The van der Waals surface area contributed by atoms with Crippen LogP contribution in [0.1, 0.15) is 124 Å². The Morgan fingerprint density at radius 2 is 1.75 bits per heavy atom. The fourth-order valence-corrected chi connectivity index (χ4v) is 8.82. The van der Waals surface area contributed by atoms with Crippen molar-refractivity contribution in [1.29, 1.82) is 0 Å². The van der Waals surface area contributed by atoms with Crippen LogP contribution >= 0.6 is 0 Å². The van der Waals surface area contributed by atoms with Gasteiger partial charge in [0.2, 0.25) is 0 Å². The normalized spacial score (nSPS) is 28.4. The molecule has 1 heterocycles. The number of ether oxygens (including phenoxy) is 2. The summed E-state index contributed by atoms with van der Waals surface area (Å²) in [5.41, 5.74) is 10.5. The van der Waals surface area contributed by atoms with Crippen molar-refractivity contribution in [3.63, 3.8) is 0 Å². The van der Waals surface area contributed by atoms with E-state index in [0.29, 0.717) is 11.6 Å². The maximum Gasteiger partial charge on any atom is 0.139 e. The average molecular weight is 693 g/mol. The van der Waals surface area contributed by atoms with Crippen molar-refractivity contribution in [3.05, 3.63) is 142 Å². The summed E-state index contributed by atoms with van der Waals surface area (Å²) < 4.78 is 12.5. The summed E-state index contributed by atoms with van der Waals surface area (Å²) in [5, 5.41) is 11.6. The second-order valence-corrected chi connectivity index (χ2v) is 16.4. The second kappa shape index (κ2) is 13.6. The minimum atomic E-state index is -0.802. The molecule has 5 heteroatoms. The number of rotatable bonds is 8. The zero-order valence-electron chi connectivity index (χ0n) is 31.5. The SMILES string of the molecule is CCC(C)(OC1=CC(O)C(c2nc(C3=CC=C4C=Cc5c(C6=CC=CCC6OC)ccc6c5C4C3C=C6)cc(C3C=CCCC3)n2)C=C1)C(C)(C)C. The monoisotopic (exact) mass is 692 g/mol. The number of allylic oxidation sites excluding steroid dienone is 11. The average Bonchev–Trinajstić information content (AvgIpc) is 3.16. The molecule has 0 aliphatic heterocycles. The molecular formula is C47H52N2O3. The Balaban J connectivity index is 1.17. The first-order valence-electron chi connectivity index (χ1n) is 19.3. The van der Waals surface area contributed by atoms with Gasteiger partial charge in [-0.2, -0.15) is 0 Å². The van der Waals surface area contributed by atoms with E-state index >= 15 is 0 Å². The third-order valence-electron chi connectivity index (χ3n) is 12.6. The van der Waals surface area contributed by atoms with Gasteiger partial charge in [-0.15, -0.1) is 0 Å². The fourth-order valence-electron chi connectivity index (χ4n) is 8.82. The number of aliphatic hydroxyl groups excluding tert-OH is 1. The molecule has 7 unspecified atom stereocenters. The van der Waals surface area contributed by atoms with Crippen molar-refractivity contribution in [2.75, 3.05) is 7.11 Å². The third kappa shape index (κ3) is 6.06. The molecule has 0 saturated heterocycles. The number of aromatic nitrogens is 2. The van der Waals surface area contributed by atoms with Crippen molar-refractivity contribution < 1.29 is 14.6 Å². The lowest BCUT2D eigenvalue weighted by Gasteiger charge is -2.42. The van der Waals surface area contributed by atoms with Crippen LogP contribution in [0.5, 0.6) is 0 Å². The van der Waals surface area contributed by atoms with E-state index in [1.165, 1.54) is 39.0 Å². The zero-order chi connectivity index (χ0) is 36.2. The topological polar surface area (TPSA) is 64.5 Å². The van der Waals surface area contributed by atoms with Gasteiger partial charge in [0.1, 0.15) is 17.2 Å². The third-order valence-corrected chi connectivity index (χ3v) is 12.6. The van der Waals surface area contributed by atoms with Crippen LogP contribution < -0.4 is 0 Å². The number of hydrogen-bond donors (Lipinski definition) is 1. The molecule has 268 valence electrons. The summed E-state index contributed by atoms with van der Waals surface area (Å²) in [6, 6.07) is 6.77. The Hall–Kier alpha value is -4.32. The molecule has 1 aromatic heterocycles. The van der Waals surface area contributed by atoms with Gasteiger partial charge in [0, 0.05) is 30.3 Å². The molecule has 0 bridgehead atoms. The Morgan fingerprint density at radius 3 is 2.50 bits per heavy atom. The van der Waals surface area contributed by atoms with E-state index in [4.69, 9.17) is 19.4 Å². The Labute approximate surface area is 309 Å². The molecule has 0 fully saturated rings. The molecule has 5 nitrogen and oxygen atoms in total. The molecular weight excluding hydrogens is 641 g/mol. The predicted octanol–water partition coefficient (Wildman–Crippen LogP) is 10.6. The van der Waals surface area contributed by atoms with Crippen LogP contribution in [-0.2, 0) is 9.47 Å². The lowest BCUT2D eigenvalue weighted by atomic mass is 9.65. The molecule has 0 amide bonds. The number of methoxy groups -OCH3 is 1. The quantitative estimate of drug-likeness (QED) is 0.279. The Morgan fingerprint density at radius 1 is 0.904 bits per heavy atom. The van der Waals surface area contributed by atoms with E-state index < -0.39 is 6.10 Å². The van der Waals surface area contributed by atoms with E-state index in [9.17, 15) is 5.11 Å². The number of aliphatic hydroxyl groups is 1. The van der Waals surface area contributed by atoms with Crippen LogP contribution in [0.4, 0.5) is 0 Å². The lowest BCUT2D eigenvalue weighted by molar-refractivity contribution is -0.0676. The molecule has 6 aliphatic carbocycles. The Bertz CT molecular complexity index is 2050.